The van der Waals surface area contributed by atoms with Crippen LogP contribution in [0.15, 0.2) is 30.3 Å². The fraction of sp³-hybridized carbons (Fsp3) is 0.412. The first-order valence-electron chi connectivity index (χ1n) is 7.22. The third kappa shape index (κ3) is 4.42. The van der Waals surface area contributed by atoms with Crippen LogP contribution in [0.4, 0.5) is 0 Å². The number of ether oxygens (including phenoxy) is 1. The van der Waals surface area contributed by atoms with E-state index >= 15 is 0 Å². The number of carbonyl (C=O) groups excluding carboxylic acids is 1. The van der Waals surface area contributed by atoms with Crippen LogP contribution in [0.5, 0.6) is 0 Å². The number of aliphatic hydroxyl groups excluding tert-OH is 1. The Balaban J connectivity index is 1.94. The van der Waals surface area contributed by atoms with Crippen LogP contribution in [0.25, 0.3) is 10.9 Å². The maximum atomic E-state index is 11.8. The minimum Gasteiger partial charge on any atom is -0.465 e. The van der Waals surface area contributed by atoms with E-state index in [9.17, 15) is 4.79 Å². The van der Waals surface area contributed by atoms with Gasteiger partial charge in [0.2, 0.25) is 0 Å². The monoisotopic (exact) mass is 321 g/mol. The zero-order valence-corrected chi connectivity index (χ0v) is 13.6. The highest BCUT2D eigenvalue weighted by Crippen LogP contribution is 2.22. The minimum absolute atomic E-state index is 0.0670. The Morgan fingerprint density at radius 3 is 2.82 bits per heavy atom. The van der Waals surface area contributed by atoms with Crippen LogP contribution >= 0.6 is 11.6 Å². The largest absolute Gasteiger partial charge is 0.465 e. The van der Waals surface area contributed by atoms with E-state index in [0.717, 1.165) is 10.9 Å². The molecule has 118 valence electrons. The Labute approximate surface area is 135 Å². The summed E-state index contributed by atoms with van der Waals surface area (Å²) in [5, 5.41) is 10.7. The van der Waals surface area contributed by atoms with Gasteiger partial charge in [0.25, 0.3) is 0 Å². The van der Waals surface area contributed by atoms with Gasteiger partial charge >= 0.3 is 5.97 Å². The molecule has 2 rings (SSSR count). The van der Waals surface area contributed by atoms with Crippen molar-refractivity contribution in [3.8, 4) is 0 Å². The lowest BCUT2D eigenvalue weighted by Crippen LogP contribution is -2.20. The molecule has 1 aromatic carbocycles. The lowest BCUT2D eigenvalue weighted by Gasteiger charge is -2.20. The molecule has 0 unspecified atom stereocenters. The van der Waals surface area contributed by atoms with E-state index in [0.29, 0.717) is 23.7 Å². The summed E-state index contributed by atoms with van der Waals surface area (Å²) in [6.45, 7) is 4.22. The van der Waals surface area contributed by atoms with Crippen molar-refractivity contribution in [1.29, 1.82) is 0 Å². The standard InChI is InChI=1S/C17H20ClNO3/c1-17(2,11-20)8-9-22-16(21)10-12-6-7-13-14(18)4-3-5-15(13)19-12/h3-7,20H,8-11H2,1-2H3. The predicted octanol–water partition coefficient (Wildman–Crippen LogP) is 3.38. The second-order valence-electron chi connectivity index (χ2n) is 6.08. The van der Waals surface area contributed by atoms with Crippen LogP contribution in [0.1, 0.15) is 26.0 Å². The molecule has 0 radical (unpaired) electrons. The van der Waals surface area contributed by atoms with Gasteiger partial charge in [-0.05, 0) is 36.1 Å². The van der Waals surface area contributed by atoms with Crippen molar-refractivity contribution in [2.75, 3.05) is 13.2 Å². The van der Waals surface area contributed by atoms with Crippen molar-refractivity contribution >= 4 is 28.5 Å². The summed E-state index contributed by atoms with van der Waals surface area (Å²) in [6.07, 6.45) is 0.748. The smallest absolute Gasteiger partial charge is 0.311 e. The van der Waals surface area contributed by atoms with E-state index in [1.807, 2.05) is 38.1 Å². The average Bonchev–Trinajstić information content (AvgIpc) is 2.47. The van der Waals surface area contributed by atoms with Crippen molar-refractivity contribution in [2.24, 2.45) is 5.41 Å². The molecule has 2 aromatic rings. The summed E-state index contributed by atoms with van der Waals surface area (Å²) in [7, 11) is 0. The summed E-state index contributed by atoms with van der Waals surface area (Å²) in [5.74, 6) is -0.317. The van der Waals surface area contributed by atoms with E-state index in [1.165, 1.54) is 0 Å². The summed E-state index contributed by atoms with van der Waals surface area (Å²) in [6, 6.07) is 9.15. The highest BCUT2D eigenvalue weighted by atomic mass is 35.5. The molecule has 0 bridgehead atoms. The van der Waals surface area contributed by atoms with Crippen LogP contribution < -0.4 is 0 Å². The number of benzene rings is 1. The van der Waals surface area contributed by atoms with Crippen molar-refractivity contribution < 1.29 is 14.6 Å². The number of hydrogen-bond acceptors (Lipinski definition) is 4. The number of esters is 1. The molecule has 1 aromatic heterocycles. The number of carbonyl (C=O) groups is 1. The summed E-state index contributed by atoms with van der Waals surface area (Å²) < 4.78 is 5.20. The van der Waals surface area contributed by atoms with Crippen LogP contribution in [-0.4, -0.2) is 29.3 Å². The van der Waals surface area contributed by atoms with Gasteiger partial charge in [-0.2, -0.15) is 0 Å². The molecule has 0 saturated heterocycles. The number of pyridine rings is 1. The van der Waals surface area contributed by atoms with E-state index in [-0.39, 0.29) is 24.4 Å². The molecule has 0 atom stereocenters. The molecule has 1 N–H and O–H groups in total. The Morgan fingerprint density at radius 1 is 1.32 bits per heavy atom. The zero-order chi connectivity index (χ0) is 16.2. The number of nitrogens with zero attached hydrogens (tertiary/aromatic N) is 1. The molecular formula is C17H20ClNO3. The molecular weight excluding hydrogens is 302 g/mol. The summed E-state index contributed by atoms with van der Waals surface area (Å²) in [5.41, 5.74) is 1.18. The Kier molecular flexibility index (Phi) is 5.37. The lowest BCUT2D eigenvalue weighted by molar-refractivity contribution is -0.143. The third-order valence-electron chi connectivity index (χ3n) is 3.53. The van der Waals surface area contributed by atoms with E-state index < -0.39 is 0 Å². The highest BCUT2D eigenvalue weighted by Gasteiger charge is 2.17. The fourth-order valence-corrected chi connectivity index (χ4v) is 2.21. The van der Waals surface area contributed by atoms with E-state index in [1.54, 1.807) is 6.07 Å². The Hall–Kier alpha value is -1.65. The minimum atomic E-state index is -0.317. The molecule has 0 aliphatic heterocycles. The van der Waals surface area contributed by atoms with Gasteiger partial charge in [0.05, 0.1) is 24.2 Å². The van der Waals surface area contributed by atoms with Gasteiger partial charge in [0, 0.05) is 17.0 Å². The molecule has 0 saturated carbocycles. The number of aromatic nitrogens is 1. The molecule has 5 heteroatoms. The van der Waals surface area contributed by atoms with Gasteiger partial charge in [-0.3, -0.25) is 9.78 Å². The number of hydrogen-bond donors (Lipinski definition) is 1. The molecule has 1 heterocycles. The van der Waals surface area contributed by atoms with Gasteiger partial charge in [0.15, 0.2) is 0 Å². The second-order valence-corrected chi connectivity index (χ2v) is 6.49. The highest BCUT2D eigenvalue weighted by molar-refractivity contribution is 6.35. The van der Waals surface area contributed by atoms with Crippen molar-refractivity contribution in [3.63, 3.8) is 0 Å². The zero-order valence-electron chi connectivity index (χ0n) is 12.8. The molecule has 0 fully saturated rings. The number of halogens is 1. The molecule has 0 aliphatic rings. The van der Waals surface area contributed by atoms with Crippen LogP contribution in [0, 0.1) is 5.41 Å². The Morgan fingerprint density at radius 2 is 2.09 bits per heavy atom. The van der Waals surface area contributed by atoms with Crippen LogP contribution in [-0.2, 0) is 16.0 Å². The van der Waals surface area contributed by atoms with E-state index in [2.05, 4.69) is 4.98 Å². The van der Waals surface area contributed by atoms with Crippen molar-refractivity contribution in [1.82, 2.24) is 4.98 Å². The topological polar surface area (TPSA) is 59.4 Å². The summed E-state index contributed by atoms with van der Waals surface area (Å²) >= 11 is 6.09. The van der Waals surface area contributed by atoms with Crippen LogP contribution in [0.3, 0.4) is 0 Å². The molecule has 22 heavy (non-hydrogen) atoms. The number of fused-ring (bicyclic) bond motifs is 1. The first-order chi connectivity index (χ1) is 10.4. The molecule has 4 nitrogen and oxygen atoms in total. The maximum Gasteiger partial charge on any atom is 0.311 e. The van der Waals surface area contributed by atoms with Gasteiger partial charge in [-0.15, -0.1) is 0 Å². The van der Waals surface area contributed by atoms with Crippen LogP contribution in [0.2, 0.25) is 5.02 Å². The fourth-order valence-electron chi connectivity index (χ4n) is 1.98. The lowest BCUT2D eigenvalue weighted by atomic mass is 9.91. The average molecular weight is 322 g/mol. The Bertz CT molecular complexity index is 670. The quantitative estimate of drug-likeness (QED) is 0.829. The van der Waals surface area contributed by atoms with Crippen molar-refractivity contribution in [3.05, 3.63) is 41.0 Å². The van der Waals surface area contributed by atoms with E-state index in [4.69, 9.17) is 21.4 Å². The first-order valence-corrected chi connectivity index (χ1v) is 7.60. The summed E-state index contributed by atoms with van der Waals surface area (Å²) in [4.78, 5) is 16.3. The number of rotatable bonds is 6. The van der Waals surface area contributed by atoms with Gasteiger partial charge in [-0.1, -0.05) is 31.5 Å². The van der Waals surface area contributed by atoms with Gasteiger partial charge in [-0.25, -0.2) is 0 Å². The normalized spacial score (nSPS) is 11.6. The van der Waals surface area contributed by atoms with Crippen molar-refractivity contribution in [2.45, 2.75) is 26.7 Å². The third-order valence-corrected chi connectivity index (χ3v) is 3.86. The number of aliphatic hydroxyl groups is 1. The maximum absolute atomic E-state index is 11.8. The predicted molar refractivity (Wildman–Crippen MR) is 86.9 cm³/mol. The molecule has 0 aliphatic carbocycles. The van der Waals surface area contributed by atoms with Gasteiger partial charge in [0.1, 0.15) is 0 Å². The SMILES string of the molecule is CC(C)(CO)CCOC(=O)Cc1ccc2c(Cl)cccc2n1. The molecule has 0 amide bonds. The molecule has 0 spiro atoms. The second kappa shape index (κ2) is 7.07. The first kappa shape index (κ1) is 16.7. The van der Waals surface area contributed by atoms with Gasteiger partial charge < -0.3 is 9.84 Å².